The Bertz CT molecular complexity index is 893. The fraction of sp³-hybridized carbons (Fsp3) is 0.0588. The van der Waals surface area contributed by atoms with Crippen molar-refractivity contribution in [3.8, 4) is 16.1 Å². The number of aryl methyl sites for hydroxylation is 1. The van der Waals surface area contributed by atoms with Gasteiger partial charge in [0.25, 0.3) is 0 Å². The van der Waals surface area contributed by atoms with Crippen LogP contribution in [0.5, 0.6) is 0 Å². The van der Waals surface area contributed by atoms with Gasteiger partial charge in [-0.25, -0.2) is 0 Å². The zero-order valence-electron chi connectivity index (χ0n) is 11.5. The molecule has 0 unspecified atom stereocenters. The van der Waals surface area contributed by atoms with Gasteiger partial charge in [0.2, 0.25) is 0 Å². The Morgan fingerprint density at radius 3 is 2.52 bits per heavy atom. The monoisotopic (exact) mass is 339 g/mol. The van der Waals surface area contributed by atoms with Gasteiger partial charge in [-0.3, -0.25) is 0 Å². The third-order valence-corrected chi connectivity index (χ3v) is 5.47. The predicted molar refractivity (Wildman–Crippen MR) is 86.0 cm³/mol. The van der Waals surface area contributed by atoms with Gasteiger partial charge in [-0.05, 0) is 0 Å². The van der Waals surface area contributed by atoms with Crippen molar-refractivity contribution in [2.45, 2.75) is 6.92 Å². The van der Waals surface area contributed by atoms with Crippen LogP contribution in [-0.2, 0) is 0 Å². The molecule has 0 bridgehead atoms. The molecule has 3 aromatic heterocycles. The number of aromatic nitrogens is 3. The van der Waals surface area contributed by atoms with Gasteiger partial charge in [0.1, 0.15) is 0 Å². The molecule has 0 atom stereocenters. The maximum atomic E-state index is 4.46. The molecule has 0 aliphatic carbocycles. The molecule has 1 aromatic carbocycles. The molecule has 0 saturated carbocycles. The summed E-state index contributed by atoms with van der Waals surface area (Å²) in [4.78, 5) is 11.2. The van der Waals surface area contributed by atoms with Crippen molar-refractivity contribution in [3.63, 3.8) is 0 Å². The average Bonchev–Trinajstić information content (AvgIpc) is 3.15. The van der Waals surface area contributed by atoms with E-state index in [4.69, 9.17) is 0 Å². The standard InChI is InChI=1S/C17H13N3Se/c1-12-13-6-2-3-7-14(13)20(17-18-9-5-10-19-17)16(12)15-8-4-11-21-15/h2-11H,1H3. The van der Waals surface area contributed by atoms with Crippen molar-refractivity contribution >= 4 is 25.4 Å². The number of para-hydroxylation sites is 1. The average molecular weight is 338 g/mol. The van der Waals surface area contributed by atoms with E-state index in [1.807, 2.05) is 6.07 Å². The van der Waals surface area contributed by atoms with Gasteiger partial charge in [-0.1, -0.05) is 0 Å². The molecule has 0 spiro atoms. The van der Waals surface area contributed by atoms with Gasteiger partial charge < -0.3 is 0 Å². The Balaban J connectivity index is 2.15. The predicted octanol–water partition coefficient (Wildman–Crippen LogP) is 3.45. The number of fused-ring (bicyclic) bond motifs is 1. The Hall–Kier alpha value is -2.16. The SMILES string of the molecule is Cc1c(-c2ccc[se]2)n(-c2ncccn2)c2ccccc12. The van der Waals surface area contributed by atoms with Crippen molar-refractivity contribution in [2.75, 3.05) is 0 Å². The van der Waals surface area contributed by atoms with Gasteiger partial charge in [0.15, 0.2) is 0 Å². The summed E-state index contributed by atoms with van der Waals surface area (Å²) in [7, 11) is 0. The fourth-order valence-electron chi connectivity index (χ4n) is 2.72. The Labute approximate surface area is 128 Å². The zero-order chi connectivity index (χ0) is 14.2. The van der Waals surface area contributed by atoms with Crippen LogP contribution in [0.1, 0.15) is 5.56 Å². The first kappa shape index (κ1) is 12.6. The molecule has 0 aliphatic heterocycles. The van der Waals surface area contributed by atoms with Crippen LogP contribution in [0.25, 0.3) is 27.0 Å². The van der Waals surface area contributed by atoms with Gasteiger partial charge >= 0.3 is 128 Å². The van der Waals surface area contributed by atoms with E-state index in [-0.39, 0.29) is 0 Å². The summed E-state index contributed by atoms with van der Waals surface area (Å²) in [5.74, 6) is 0.736. The first-order valence-electron chi connectivity index (χ1n) is 6.77. The topological polar surface area (TPSA) is 30.7 Å². The molecule has 21 heavy (non-hydrogen) atoms. The first-order valence-corrected chi connectivity index (χ1v) is 8.62. The van der Waals surface area contributed by atoms with Crippen molar-refractivity contribution in [1.82, 2.24) is 14.5 Å². The van der Waals surface area contributed by atoms with Crippen LogP contribution in [-0.4, -0.2) is 29.0 Å². The van der Waals surface area contributed by atoms with Gasteiger partial charge in [0.05, 0.1) is 0 Å². The first-order chi connectivity index (χ1) is 10.4. The molecule has 102 valence electrons. The molecule has 0 amide bonds. The van der Waals surface area contributed by atoms with Crippen LogP contribution in [0.4, 0.5) is 0 Å². The summed E-state index contributed by atoms with van der Waals surface area (Å²) in [5.41, 5.74) is 3.71. The minimum absolute atomic E-state index is 0.381. The van der Waals surface area contributed by atoms with E-state index in [0.717, 1.165) is 5.95 Å². The molecule has 0 radical (unpaired) electrons. The summed E-state index contributed by atoms with van der Waals surface area (Å²) < 4.78 is 3.56. The van der Waals surface area contributed by atoms with Crippen molar-refractivity contribution in [2.24, 2.45) is 0 Å². The molecule has 0 aliphatic rings. The van der Waals surface area contributed by atoms with Crippen LogP contribution >= 0.6 is 0 Å². The second-order valence-corrected chi connectivity index (χ2v) is 6.84. The molecular formula is C17H13N3Se. The molecule has 0 saturated heterocycles. The number of benzene rings is 1. The Kier molecular flexibility index (Phi) is 2.99. The molecule has 3 nitrogen and oxygen atoms in total. The molecule has 4 rings (SSSR count). The molecule has 0 fully saturated rings. The van der Waals surface area contributed by atoms with Gasteiger partial charge in [0, 0.05) is 0 Å². The Morgan fingerprint density at radius 2 is 1.76 bits per heavy atom. The summed E-state index contributed by atoms with van der Waals surface area (Å²) in [6, 6.07) is 14.7. The summed E-state index contributed by atoms with van der Waals surface area (Å²) in [6.45, 7) is 2.19. The van der Waals surface area contributed by atoms with Crippen molar-refractivity contribution in [1.29, 1.82) is 0 Å². The van der Waals surface area contributed by atoms with Gasteiger partial charge in [-0.2, -0.15) is 0 Å². The molecule has 0 N–H and O–H groups in total. The van der Waals surface area contributed by atoms with E-state index >= 15 is 0 Å². The van der Waals surface area contributed by atoms with E-state index in [2.05, 4.69) is 62.8 Å². The number of rotatable bonds is 2. The third kappa shape index (κ3) is 1.96. The number of nitrogens with zero attached hydrogens (tertiary/aromatic N) is 3. The Morgan fingerprint density at radius 1 is 0.952 bits per heavy atom. The van der Waals surface area contributed by atoms with Crippen molar-refractivity contribution < 1.29 is 0 Å². The normalized spacial score (nSPS) is 11.1. The molecule has 4 heteroatoms. The summed E-state index contributed by atoms with van der Waals surface area (Å²) >= 11 is 0.381. The quantitative estimate of drug-likeness (QED) is 0.524. The number of hydrogen-bond acceptors (Lipinski definition) is 2. The van der Waals surface area contributed by atoms with Crippen LogP contribution in [0, 0.1) is 6.92 Å². The second-order valence-electron chi connectivity index (χ2n) is 4.85. The second kappa shape index (κ2) is 4.99. The van der Waals surface area contributed by atoms with Crippen LogP contribution in [0.15, 0.2) is 59.8 Å². The van der Waals surface area contributed by atoms with E-state index in [1.165, 1.54) is 26.6 Å². The molecule has 3 heterocycles. The van der Waals surface area contributed by atoms with Crippen LogP contribution in [0.2, 0.25) is 0 Å². The van der Waals surface area contributed by atoms with Crippen LogP contribution in [0.3, 0.4) is 0 Å². The minimum atomic E-state index is 0.381. The maximum absolute atomic E-state index is 4.46. The van der Waals surface area contributed by atoms with E-state index in [1.54, 1.807) is 12.4 Å². The molecular weight excluding hydrogens is 325 g/mol. The van der Waals surface area contributed by atoms with Crippen LogP contribution < -0.4 is 0 Å². The molecule has 4 aromatic rings. The zero-order valence-corrected chi connectivity index (χ0v) is 13.2. The fourth-order valence-corrected chi connectivity index (χ4v) is 4.44. The number of hydrogen-bond donors (Lipinski definition) is 0. The third-order valence-electron chi connectivity index (χ3n) is 3.63. The summed E-state index contributed by atoms with van der Waals surface area (Å²) in [6.07, 6.45) is 3.59. The van der Waals surface area contributed by atoms with E-state index < -0.39 is 0 Å². The van der Waals surface area contributed by atoms with Gasteiger partial charge in [-0.15, -0.1) is 0 Å². The van der Waals surface area contributed by atoms with E-state index in [0.29, 0.717) is 14.5 Å². The van der Waals surface area contributed by atoms with E-state index in [9.17, 15) is 0 Å². The van der Waals surface area contributed by atoms with Crippen molar-refractivity contribution in [3.05, 3.63) is 65.4 Å². The summed E-state index contributed by atoms with van der Waals surface area (Å²) in [5, 5.41) is 1.27.